The number of hydrogen-bond donors (Lipinski definition) is 1. The van der Waals surface area contributed by atoms with Crippen LogP contribution < -0.4 is 5.32 Å². The Bertz CT molecular complexity index is 890. The van der Waals surface area contributed by atoms with Gasteiger partial charge in [0.05, 0.1) is 12.7 Å². The highest BCUT2D eigenvalue weighted by molar-refractivity contribution is 6.09. The molecule has 0 radical (unpaired) electrons. The third-order valence-electron chi connectivity index (χ3n) is 4.28. The lowest BCUT2D eigenvalue weighted by Gasteiger charge is -2.18. The van der Waals surface area contributed by atoms with Gasteiger partial charge in [0.15, 0.2) is 12.4 Å². The summed E-state index contributed by atoms with van der Waals surface area (Å²) in [5, 5.41) is 2.51. The lowest BCUT2D eigenvalue weighted by Crippen LogP contribution is -2.44. The van der Waals surface area contributed by atoms with E-state index in [-0.39, 0.29) is 17.3 Å². The van der Waals surface area contributed by atoms with E-state index in [1.807, 2.05) is 19.9 Å². The van der Waals surface area contributed by atoms with Crippen LogP contribution in [0.1, 0.15) is 46.5 Å². The number of methoxy groups -OCH3 is 1. The van der Waals surface area contributed by atoms with Gasteiger partial charge in [-0.2, -0.15) is 0 Å². The molecule has 0 aliphatic carbocycles. The molecule has 7 heteroatoms. The Kier molecular flexibility index (Phi) is 8.29. The molecule has 0 aliphatic heterocycles. The van der Waals surface area contributed by atoms with Crippen LogP contribution >= 0.6 is 0 Å². The molecule has 1 atom stereocenters. The first-order chi connectivity index (χ1) is 14.3. The highest BCUT2D eigenvalue weighted by atomic mass is 16.5. The normalized spacial score (nSPS) is 11.5. The number of esters is 2. The van der Waals surface area contributed by atoms with Crippen molar-refractivity contribution < 1.29 is 28.7 Å². The van der Waals surface area contributed by atoms with E-state index in [1.165, 1.54) is 31.4 Å². The Morgan fingerprint density at radius 3 is 2.00 bits per heavy atom. The molecule has 2 rings (SSSR count). The Hall–Kier alpha value is -3.48. The quantitative estimate of drug-likeness (QED) is 0.503. The molecule has 0 bridgehead atoms. The smallest absolute Gasteiger partial charge is 0.338 e. The van der Waals surface area contributed by atoms with Gasteiger partial charge in [-0.15, -0.1) is 0 Å². The Morgan fingerprint density at radius 1 is 0.867 bits per heavy atom. The maximum atomic E-state index is 12.4. The Balaban J connectivity index is 1.92. The molecule has 30 heavy (non-hydrogen) atoms. The molecule has 7 nitrogen and oxygen atoms in total. The maximum absolute atomic E-state index is 12.4. The minimum absolute atomic E-state index is 0.158. The lowest BCUT2D eigenvalue weighted by atomic mass is 10.0. The van der Waals surface area contributed by atoms with Crippen molar-refractivity contribution in [2.75, 3.05) is 13.7 Å². The summed E-state index contributed by atoms with van der Waals surface area (Å²) >= 11 is 0. The van der Waals surface area contributed by atoms with E-state index >= 15 is 0 Å². The number of ether oxygens (including phenoxy) is 2. The van der Waals surface area contributed by atoms with Gasteiger partial charge < -0.3 is 14.8 Å². The van der Waals surface area contributed by atoms with E-state index in [0.717, 1.165) is 0 Å². The zero-order chi connectivity index (χ0) is 22.1. The third-order valence-corrected chi connectivity index (χ3v) is 4.28. The van der Waals surface area contributed by atoms with Crippen LogP contribution in [0.15, 0.2) is 54.6 Å². The molecular formula is C23H25NO6. The number of carbonyl (C=O) groups excluding carboxylic acids is 4. The largest absolute Gasteiger partial charge is 0.467 e. The monoisotopic (exact) mass is 411 g/mol. The summed E-state index contributed by atoms with van der Waals surface area (Å²) in [7, 11) is 1.24. The van der Waals surface area contributed by atoms with Crippen molar-refractivity contribution in [1.82, 2.24) is 5.32 Å². The summed E-state index contributed by atoms with van der Waals surface area (Å²) in [5.74, 6) is -1.86. The van der Waals surface area contributed by atoms with Crippen LogP contribution in [0.25, 0.3) is 0 Å². The molecule has 0 heterocycles. The van der Waals surface area contributed by atoms with Crippen molar-refractivity contribution in [3.8, 4) is 0 Å². The molecule has 0 unspecified atom stereocenters. The van der Waals surface area contributed by atoms with Crippen LogP contribution in [0.3, 0.4) is 0 Å². The SMILES string of the molecule is COC(=O)[C@H](CC(C)C)NC(=O)COC(=O)c1ccc(C(=O)c2ccccc2)cc1. The molecule has 0 spiro atoms. The zero-order valence-corrected chi connectivity index (χ0v) is 17.2. The molecule has 2 aromatic rings. The van der Waals surface area contributed by atoms with E-state index in [1.54, 1.807) is 24.3 Å². The van der Waals surface area contributed by atoms with Crippen LogP contribution in [0.5, 0.6) is 0 Å². The predicted octanol–water partition coefficient (Wildman–Crippen LogP) is 2.78. The number of nitrogens with one attached hydrogen (secondary N) is 1. The second kappa shape index (κ2) is 10.9. The summed E-state index contributed by atoms with van der Waals surface area (Å²) in [5.41, 5.74) is 1.19. The van der Waals surface area contributed by atoms with Crippen LogP contribution in [0.2, 0.25) is 0 Å². The van der Waals surface area contributed by atoms with Crippen molar-refractivity contribution in [3.05, 3.63) is 71.3 Å². The van der Waals surface area contributed by atoms with Crippen molar-refractivity contribution in [2.24, 2.45) is 5.92 Å². The van der Waals surface area contributed by atoms with Gasteiger partial charge in [0, 0.05) is 11.1 Å². The zero-order valence-electron chi connectivity index (χ0n) is 17.2. The molecule has 0 fully saturated rings. The number of carbonyl (C=O) groups is 4. The van der Waals surface area contributed by atoms with Gasteiger partial charge in [0.2, 0.25) is 0 Å². The predicted molar refractivity (Wildman–Crippen MR) is 110 cm³/mol. The van der Waals surface area contributed by atoms with Gasteiger partial charge in [0.1, 0.15) is 6.04 Å². The van der Waals surface area contributed by atoms with E-state index in [0.29, 0.717) is 17.5 Å². The minimum atomic E-state index is -0.801. The van der Waals surface area contributed by atoms with Gasteiger partial charge in [-0.25, -0.2) is 9.59 Å². The Morgan fingerprint density at radius 2 is 1.43 bits per heavy atom. The van der Waals surface area contributed by atoms with Crippen LogP contribution in [0, 0.1) is 5.92 Å². The van der Waals surface area contributed by atoms with Crippen LogP contribution in [-0.2, 0) is 19.1 Å². The molecule has 0 saturated heterocycles. The highest BCUT2D eigenvalue weighted by Crippen LogP contribution is 2.12. The Labute approximate surface area is 175 Å². The van der Waals surface area contributed by atoms with Crippen molar-refractivity contribution in [1.29, 1.82) is 0 Å². The molecule has 1 N–H and O–H groups in total. The molecular weight excluding hydrogens is 386 g/mol. The molecule has 0 aromatic heterocycles. The van der Waals surface area contributed by atoms with Gasteiger partial charge in [-0.3, -0.25) is 9.59 Å². The lowest BCUT2D eigenvalue weighted by molar-refractivity contribution is -0.145. The van der Waals surface area contributed by atoms with Gasteiger partial charge >= 0.3 is 11.9 Å². The van der Waals surface area contributed by atoms with Crippen molar-refractivity contribution >= 4 is 23.6 Å². The summed E-state index contributed by atoms with van der Waals surface area (Å²) < 4.78 is 9.69. The van der Waals surface area contributed by atoms with Gasteiger partial charge in [-0.1, -0.05) is 56.3 Å². The van der Waals surface area contributed by atoms with Gasteiger partial charge in [-0.05, 0) is 24.5 Å². The topological polar surface area (TPSA) is 98.8 Å². The third kappa shape index (κ3) is 6.55. The molecule has 1 amide bonds. The van der Waals surface area contributed by atoms with Gasteiger partial charge in [0.25, 0.3) is 5.91 Å². The first-order valence-electron chi connectivity index (χ1n) is 9.56. The van der Waals surface area contributed by atoms with E-state index < -0.39 is 30.5 Å². The number of amides is 1. The fourth-order valence-electron chi connectivity index (χ4n) is 2.79. The average molecular weight is 411 g/mol. The summed E-state index contributed by atoms with van der Waals surface area (Å²) in [6.07, 6.45) is 0.406. The second-order valence-electron chi connectivity index (χ2n) is 7.12. The average Bonchev–Trinajstić information content (AvgIpc) is 2.76. The van der Waals surface area contributed by atoms with E-state index in [9.17, 15) is 19.2 Å². The van der Waals surface area contributed by atoms with Crippen molar-refractivity contribution in [2.45, 2.75) is 26.3 Å². The molecule has 0 saturated carbocycles. The second-order valence-corrected chi connectivity index (χ2v) is 7.12. The molecule has 158 valence electrons. The standard InChI is InChI=1S/C23H25NO6/c1-15(2)13-19(23(28)29-3)24-20(25)14-30-22(27)18-11-9-17(10-12-18)21(26)16-7-5-4-6-8-16/h4-12,15,19H,13-14H2,1-3H3,(H,24,25)/t19-/m0/s1. The van der Waals surface area contributed by atoms with E-state index in [4.69, 9.17) is 4.74 Å². The summed E-state index contributed by atoms with van der Waals surface area (Å²) in [6, 6.07) is 14.0. The molecule has 2 aromatic carbocycles. The van der Waals surface area contributed by atoms with Crippen LogP contribution in [-0.4, -0.2) is 43.4 Å². The van der Waals surface area contributed by atoms with E-state index in [2.05, 4.69) is 10.1 Å². The molecule has 0 aliphatic rings. The minimum Gasteiger partial charge on any atom is -0.467 e. The first kappa shape index (κ1) is 22.8. The highest BCUT2D eigenvalue weighted by Gasteiger charge is 2.23. The fraction of sp³-hybridized carbons (Fsp3) is 0.304. The van der Waals surface area contributed by atoms with Crippen LogP contribution in [0.4, 0.5) is 0 Å². The first-order valence-corrected chi connectivity index (χ1v) is 9.56. The fourth-order valence-corrected chi connectivity index (χ4v) is 2.79. The summed E-state index contributed by atoms with van der Waals surface area (Å²) in [4.78, 5) is 48.4. The number of hydrogen-bond acceptors (Lipinski definition) is 6. The summed E-state index contributed by atoms with van der Waals surface area (Å²) in [6.45, 7) is 3.29. The number of rotatable bonds is 9. The maximum Gasteiger partial charge on any atom is 0.338 e. The van der Waals surface area contributed by atoms with Crippen molar-refractivity contribution in [3.63, 3.8) is 0 Å². The number of ketones is 1. The number of benzene rings is 2.